The number of fused-ring (bicyclic) bond motifs is 1. The molecule has 0 spiro atoms. The van der Waals surface area contributed by atoms with Gasteiger partial charge in [0.2, 0.25) is 11.8 Å². The summed E-state index contributed by atoms with van der Waals surface area (Å²) in [7, 11) is -4.10. The van der Waals surface area contributed by atoms with Crippen LogP contribution in [0.4, 0.5) is 0 Å². The second kappa shape index (κ2) is 8.12. The average Bonchev–Trinajstić information content (AvgIpc) is 3.29. The SMILES string of the molecule is O=C1CCC(N2Cc3c(OCc4cc(CCS(=O)(=O)O)no4)cccc3C2=O)C(=O)N1. The number of piperidine rings is 1. The topological polar surface area (TPSA) is 156 Å². The molecule has 2 aliphatic rings. The molecule has 0 aliphatic carbocycles. The van der Waals surface area contributed by atoms with E-state index in [4.69, 9.17) is 13.8 Å². The van der Waals surface area contributed by atoms with Gasteiger partial charge in [0, 0.05) is 30.0 Å². The predicted molar refractivity (Wildman–Crippen MR) is 103 cm³/mol. The number of nitrogens with one attached hydrogen (secondary N) is 1. The Morgan fingerprint density at radius 3 is 2.84 bits per heavy atom. The lowest BCUT2D eigenvalue weighted by molar-refractivity contribution is -0.136. The number of amides is 3. The van der Waals surface area contributed by atoms with Gasteiger partial charge in [-0.25, -0.2) is 0 Å². The van der Waals surface area contributed by atoms with Crippen molar-refractivity contribution in [3.8, 4) is 5.75 Å². The maximum absolute atomic E-state index is 12.8. The van der Waals surface area contributed by atoms with Crippen molar-refractivity contribution in [3.05, 3.63) is 46.8 Å². The van der Waals surface area contributed by atoms with Crippen LogP contribution in [-0.2, 0) is 39.3 Å². The normalized spacial score (nSPS) is 18.8. The summed E-state index contributed by atoms with van der Waals surface area (Å²) in [5.74, 6) is -0.825. The third kappa shape index (κ3) is 4.59. The summed E-state index contributed by atoms with van der Waals surface area (Å²) in [4.78, 5) is 37.8. The van der Waals surface area contributed by atoms with E-state index in [-0.39, 0.29) is 44.2 Å². The van der Waals surface area contributed by atoms with Crippen molar-refractivity contribution in [2.75, 3.05) is 5.75 Å². The molecule has 12 heteroatoms. The van der Waals surface area contributed by atoms with Crippen molar-refractivity contribution in [2.24, 2.45) is 0 Å². The van der Waals surface area contributed by atoms with Crippen LogP contribution in [-0.4, -0.2) is 52.5 Å². The molecule has 2 N–H and O–H groups in total. The zero-order valence-corrected chi connectivity index (χ0v) is 17.1. The molecule has 2 aliphatic heterocycles. The molecular formula is C19H19N3O8S. The summed E-state index contributed by atoms with van der Waals surface area (Å²) in [5.41, 5.74) is 1.41. The second-order valence-electron chi connectivity index (χ2n) is 7.29. The lowest BCUT2D eigenvalue weighted by Crippen LogP contribution is -2.52. The number of benzene rings is 1. The Kier molecular flexibility index (Phi) is 5.50. The fraction of sp³-hybridized carbons (Fsp3) is 0.368. The van der Waals surface area contributed by atoms with Crippen molar-refractivity contribution < 1.29 is 36.6 Å². The minimum atomic E-state index is -4.10. The molecule has 0 saturated carbocycles. The number of nitrogens with zero attached hydrogens (tertiary/aromatic N) is 2. The number of aryl methyl sites for hydroxylation is 1. The monoisotopic (exact) mass is 449 g/mol. The number of aromatic nitrogens is 1. The Morgan fingerprint density at radius 1 is 1.29 bits per heavy atom. The van der Waals surface area contributed by atoms with Crippen LogP contribution in [0, 0.1) is 0 Å². The molecule has 1 aromatic carbocycles. The first-order valence-corrected chi connectivity index (χ1v) is 11.1. The third-order valence-corrected chi connectivity index (χ3v) is 5.85. The summed E-state index contributed by atoms with van der Waals surface area (Å²) in [5, 5.41) is 6.00. The van der Waals surface area contributed by atoms with Gasteiger partial charge in [0.25, 0.3) is 16.0 Å². The Balaban J connectivity index is 1.44. The van der Waals surface area contributed by atoms with Crippen molar-refractivity contribution in [3.63, 3.8) is 0 Å². The lowest BCUT2D eigenvalue weighted by Gasteiger charge is -2.29. The highest BCUT2D eigenvalue weighted by Crippen LogP contribution is 2.33. The molecule has 4 rings (SSSR count). The largest absolute Gasteiger partial charge is 0.485 e. The average molecular weight is 449 g/mol. The maximum atomic E-state index is 12.8. The smallest absolute Gasteiger partial charge is 0.265 e. The summed E-state index contributed by atoms with van der Waals surface area (Å²) in [6.45, 7) is 0.161. The fourth-order valence-electron chi connectivity index (χ4n) is 3.62. The van der Waals surface area contributed by atoms with Gasteiger partial charge >= 0.3 is 0 Å². The van der Waals surface area contributed by atoms with Gasteiger partial charge in [0.05, 0.1) is 18.0 Å². The third-order valence-electron chi connectivity index (χ3n) is 5.13. The first kappa shape index (κ1) is 21.0. The molecule has 3 amide bonds. The van der Waals surface area contributed by atoms with E-state index in [0.29, 0.717) is 28.3 Å². The van der Waals surface area contributed by atoms with E-state index >= 15 is 0 Å². The summed E-state index contributed by atoms with van der Waals surface area (Å²) in [6.07, 6.45) is 0.439. The van der Waals surface area contributed by atoms with Gasteiger partial charge in [-0.2, -0.15) is 8.42 Å². The van der Waals surface area contributed by atoms with Gasteiger partial charge in [-0.3, -0.25) is 24.3 Å². The number of carbonyl (C=O) groups excluding carboxylic acids is 3. The van der Waals surface area contributed by atoms with E-state index in [9.17, 15) is 22.8 Å². The number of carbonyl (C=O) groups is 3. The molecule has 1 atom stereocenters. The fourth-order valence-corrected chi connectivity index (χ4v) is 4.08. The van der Waals surface area contributed by atoms with E-state index < -0.39 is 27.8 Å². The first-order chi connectivity index (χ1) is 14.7. The molecule has 1 fully saturated rings. The first-order valence-electron chi connectivity index (χ1n) is 9.50. The van der Waals surface area contributed by atoms with E-state index in [1.807, 2.05) is 0 Å². The Hall–Kier alpha value is -3.25. The molecule has 1 saturated heterocycles. The highest BCUT2D eigenvalue weighted by atomic mass is 32.2. The number of imide groups is 1. The molecule has 2 aromatic rings. The minimum absolute atomic E-state index is 0.00150. The molecule has 164 valence electrons. The Labute approximate surface area is 177 Å². The number of rotatable bonds is 7. The van der Waals surface area contributed by atoms with Gasteiger partial charge in [-0.15, -0.1) is 0 Å². The molecule has 0 bridgehead atoms. The maximum Gasteiger partial charge on any atom is 0.265 e. The second-order valence-corrected chi connectivity index (χ2v) is 8.86. The van der Waals surface area contributed by atoms with Crippen molar-refractivity contribution in [2.45, 2.75) is 38.5 Å². The van der Waals surface area contributed by atoms with Crippen LogP contribution in [0.3, 0.4) is 0 Å². The van der Waals surface area contributed by atoms with Crippen LogP contribution in [0.25, 0.3) is 0 Å². The van der Waals surface area contributed by atoms with Crippen LogP contribution in [0.2, 0.25) is 0 Å². The summed E-state index contributed by atoms with van der Waals surface area (Å²) in [6, 6.07) is 5.81. The number of hydrogen-bond donors (Lipinski definition) is 2. The van der Waals surface area contributed by atoms with Gasteiger partial charge in [0.15, 0.2) is 5.76 Å². The minimum Gasteiger partial charge on any atom is -0.485 e. The van der Waals surface area contributed by atoms with Crippen molar-refractivity contribution in [1.29, 1.82) is 0 Å². The molecule has 0 radical (unpaired) electrons. The zero-order chi connectivity index (χ0) is 22.2. The van der Waals surface area contributed by atoms with Crippen LogP contribution in [0.15, 0.2) is 28.8 Å². The standard InChI is InChI=1S/C19H19N3O8S/c23-17-5-4-15(18(24)20-17)22-9-14-13(19(22)25)2-1-3-16(14)29-10-12-8-11(21-30-12)6-7-31(26,27)28/h1-3,8,15H,4-7,9-10H2,(H,20,23,24)(H,26,27,28). The van der Waals surface area contributed by atoms with Gasteiger partial charge < -0.3 is 14.2 Å². The van der Waals surface area contributed by atoms with Gasteiger partial charge in [-0.1, -0.05) is 11.2 Å². The van der Waals surface area contributed by atoms with Crippen molar-refractivity contribution in [1.82, 2.24) is 15.4 Å². The lowest BCUT2D eigenvalue weighted by atomic mass is 10.0. The molecular weight excluding hydrogens is 430 g/mol. The van der Waals surface area contributed by atoms with Crippen LogP contribution >= 0.6 is 0 Å². The summed E-state index contributed by atoms with van der Waals surface area (Å²) >= 11 is 0. The van der Waals surface area contributed by atoms with Gasteiger partial charge in [-0.05, 0) is 18.6 Å². The summed E-state index contributed by atoms with van der Waals surface area (Å²) < 4.78 is 41.4. The highest BCUT2D eigenvalue weighted by Gasteiger charge is 2.40. The molecule has 1 aromatic heterocycles. The highest BCUT2D eigenvalue weighted by molar-refractivity contribution is 7.85. The number of ether oxygens (including phenoxy) is 1. The quantitative estimate of drug-likeness (QED) is 0.452. The number of hydrogen-bond acceptors (Lipinski definition) is 8. The van der Waals surface area contributed by atoms with Crippen LogP contribution in [0.5, 0.6) is 5.75 Å². The van der Waals surface area contributed by atoms with Crippen LogP contribution < -0.4 is 10.1 Å². The molecule has 3 heterocycles. The van der Waals surface area contributed by atoms with E-state index in [0.717, 1.165) is 0 Å². The van der Waals surface area contributed by atoms with E-state index in [2.05, 4.69) is 10.5 Å². The molecule has 31 heavy (non-hydrogen) atoms. The molecule has 1 unspecified atom stereocenters. The Morgan fingerprint density at radius 2 is 2.10 bits per heavy atom. The predicted octanol–water partition coefficient (Wildman–Crippen LogP) is 0.445. The Bertz CT molecular complexity index is 1160. The molecule has 11 nitrogen and oxygen atoms in total. The van der Waals surface area contributed by atoms with E-state index in [1.54, 1.807) is 18.2 Å². The zero-order valence-electron chi connectivity index (χ0n) is 16.2. The van der Waals surface area contributed by atoms with Crippen molar-refractivity contribution >= 4 is 27.8 Å². The van der Waals surface area contributed by atoms with Crippen LogP contribution in [0.1, 0.15) is 40.2 Å². The van der Waals surface area contributed by atoms with E-state index in [1.165, 1.54) is 11.0 Å². The van der Waals surface area contributed by atoms with Gasteiger partial charge in [0.1, 0.15) is 18.4 Å².